The molecule has 2 rings (SSSR count). The average molecular weight is 242 g/mol. The summed E-state index contributed by atoms with van der Waals surface area (Å²) in [4.78, 5) is 14.9. The molecule has 0 saturated carbocycles. The van der Waals surface area contributed by atoms with E-state index in [1.54, 1.807) is 24.3 Å². The molecule has 1 heterocycles. The lowest BCUT2D eigenvalue weighted by Gasteiger charge is -2.04. The summed E-state index contributed by atoms with van der Waals surface area (Å²) in [6.45, 7) is 0. The number of hydrogen-bond donors (Lipinski definition) is 2. The minimum Gasteiger partial charge on any atom is -0.478 e. The molecule has 5 nitrogen and oxygen atoms in total. The largest absolute Gasteiger partial charge is 0.478 e. The monoisotopic (exact) mass is 242 g/mol. The Hall–Kier alpha value is -2.69. The van der Waals surface area contributed by atoms with Gasteiger partial charge < -0.3 is 10.3 Å². The minimum absolute atomic E-state index is 0.0945. The zero-order valence-electron chi connectivity index (χ0n) is 9.32. The number of carbonyl (C=O) groups is 1. The molecule has 0 aliphatic carbocycles. The van der Waals surface area contributed by atoms with Gasteiger partial charge in [-0.05, 0) is 12.1 Å². The molecule has 5 heteroatoms. The number of hydrogen-bond acceptors (Lipinski definition) is 4. The van der Waals surface area contributed by atoms with E-state index >= 15 is 0 Å². The van der Waals surface area contributed by atoms with Crippen LogP contribution in [-0.4, -0.2) is 27.0 Å². The minimum atomic E-state index is -1.05. The zero-order chi connectivity index (χ0) is 13.0. The third kappa shape index (κ3) is 2.35. The first-order chi connectivity index (χ1) is 8.72. The van der Waals surface area contributed by atoms with Crippen LogP contribution in [0.4, 0.5) is 0 Å². The standard InChI is InChI=1S/C13H10N2O3/c16-13(17)10-6-7-14-11(8-10)12(15-18)9-4-2-1-3-5-9/h1-8,18H,(H,16,17)/b15-12+. The maximum Gasteiger partial charge on any atom is 0.335 e. The molecule has 0 spiro atoms. The van der Waals surface area contributed by atoms with Crippen molar-refractivity contribution in [2.24, 2.45) is 5.16 Å². The summed E-state index contributed by atoms with van der Waals surface area (Å²) in [6.07, 6.45) is 1.37. The van der Waals surface area contributed by atoms with Crippen molar-refractivity contribution in [1.29, 1.82) is 0 Å². The van der Waals surface area contributed by atoms with Gasteiger partial charge in [0.15, 0.2) is 0 Å². The molecule has 1 aromatic carbocycles. The normalized spacial score (nSPS) is 11.2. The average Bonchev–Trinajstić information content (AvgIpc) is 2.41. The predicted molar refractivity (Wildman–Crippen MR) is 65.1 cm³/mol. The van der Waals surface area contributed by atoms with Crippen molar-refractivity contribution in [1.82, 2.24) is 4.98 Å². The molecule has 0 bridgehead atoms. The fourth-order valence-corrected chi connectivity index (χ4v) is 1.55. The highest BCUT2D eigenvalue weighted by Crippen LogP contribution is 2.10. The summed E-state index contributed by atoms with van der Waals surface area (Å²) in [5, 5.41) is 21.2. The van der Waals surface area contributed by atoms with Crippen LogP contribution < -0.4 is 0 Å². The SMILES string of the molecule is O=C(O)c1ccnc(/C(=N/O)c2ccccc2)c1. The Bertz CT molecular complexity index is 594. The third-order valence-corrected chi connectivity index (χ3v) is 2.40. The fraction of sp³-hybridized carbons (Fsp3) is 0. The van der Waals surface area contributed by atoms with E-state index in [9.17, 15) is 4.79 Å². The Morgan fingerprint density at radius 1 is 1.11 bits per heavy atom. The van der Waals surface area contributed by atoms with Gasteiger partial charge in [0.1, 0.15) is 5.71 Å². The number of aromatic nitrogens is 1. The topological polar surface area (TPSA) is 82.8 Å². The lowest BCUT2D eigenvalue weighted by atomic mass is 10.1. The number of pyridine rings is 1. The number of aromatic carboxylic acids is 1. The quantitative estimate of drug-likeness (QED) is 0.490. The van der Waals surface area contributed by atoms with Gasteiger partial charge in [-0.2, -0.15) is 0 Å². The van der Waals surface area contributed by atoms with Crippen LogP contribution in [0.5, 0.6) is 0 Å². The second kappa shape index (κ2) is 5.09. The van der Waals surface area contributed by atoms with Gasteiger partial charge in [-0.3, -0.25) is 4.98 Å². The second-order valence-electron chi connectivity index (χ2n) is 3.55. The predicted octanol–water partition coefficient (Wildman–Crippen LogP) is 2.01. The lowest BCUT2D eigenvalue weighted by molar-refractivity contribution is 0.0696. The zero-order valence-corrected chi connectivity index (χ0v) is 9.32. The maximum atomic E-state index is 10.9. The summed E-state index contributed by atoms with van der Waals surface area (Å²) in [6, 6.07) is 11.7. The van der Waals surface area contributed by atoms with Gasteiger partial charge in [-0.25, -0.2) is 4.79 Å². The first-order valence-electron chi connectivity index (χ1n) is 5.19. The van der Waals surface area contributed by atoms with Crippen molar-refractivity contribution < 1.29 is 15.1 Å². The molecule has 0 radical (unpaired) electrons. The number of carboxylic acid groups (broad SMARTS) is 1. The molecule has 0 aliphatic heterocycles. The van der Waals surface area contributed by atoms with Gasteiger partial charge in [-0.15, -0.1) is 0 Å². The molecule has 0 atom stereocenters. The van der Waals surface area contributed by atoms with Crippen LogP contribution in [0.15, 0.2) is 53.8 Å². The number of carboxylic acids is 1. The van der Waals surface area contributed by atoms with Crippen LogP contribution in [0.25, 0.3) is 0 Å². The summed E-state index contributed by atoms with van der Waals surface area (Å²) < 4.78 is 0. The van der Waals surface area contributed by atoms with Gasteiger partial charge in [0, 0.05) is 11.8 Å². The van der Waals surface area contributed by atoms with Crippen LogP contribution in [0.1, 0.15) is 21.6 Å². The number of rotatable bonds is 3. The van der Waals surface area contributed by atoms with E-state index in [4.69, 9.17) is 10.3 Å². The van der Waals surface area contributed by atoms with E-state index in [1.165, 1.54) is 18.3 Å². The van der Waals surface area contributed by atoms with Crippen molar-refractivity contribution in [3.63, 3.8) is 0 Å². The number of benzene rings is 1. The van der Waals surface area contributed by atoms with Gasteiger partial charge in [0.25, 0.3) is 0 Å². The molecule has 18 heavy (non-hydrogen) atoms. The fourth-order valence-electron chi connectivity index (χ4n) is 1.55. The van der Waals surface area contributed by atoms with E-state index in [0.29, 0.717) is 11.3 Å². The maximum absolute atomic E-state index is 10.9. The van der Waals surface area contributed by atoms with Gasteiger partial charge in [0.05, 0.1) is 11.3 Å². The van der Waals surface area contributed by atoms with Crippen LogP contribution in [0, 0.1) is 0 Å². The van der Waals surface area contributed by atoms with Crippen LogP contribution in [0.3, 0.4) is 0 Å². The highest BCUT2D eigenvalue weighted by Gasteiger charge is 2.11. The number of oxime groups is 1. The van der Waals surface area contributed by atoms with E-state index in [1.807, 2.05) is 6.07 Å². The molecule has 2 N–H and O–H groups in total. The Morgan fingerprint density at radius 3 is 2.44 bits per heavy atom. The van der Waals surface area contributed by atoms with Gasteiger partial charge in [0.2, 0.25) is 0 Å². The molecule has 0 unspecified atom stereocenters. The van der Waals surface area contributed by atoms with Crippen LogP contribution in [0.2, 0.25) is 0 Å². The summed E-state index contributed by atoms with van der Waals surface area (Å²) in [5.74, 6) is -1.05. The molecular formula is C13H10N2O3. The molecule has 0 amide bonds. The lowest BCUT2D eigenvalue weighted by Crippen LogP contribution is -2.08. The highest BCUT2D eigenvalue weighted by molar-refractivity contribution is 6.12. The summed E-state index contributed by atoms with van der Waals surface area (Å²) >= 11 is 0. The molecule has 0 fully saturated rings. The third-order valence-electron chi connectivity index (χ3n) is 2.40. The van der Waals surface area contributed by atoms with Gasteiger partial charge in [-0.1, -0.05) is 35.5 Å². The Kier molecular flexibility index (Phi) is 3.33. The molecule has 0 saturated heterocycles. The van der Waals surface area contributed by atoms with E-state index in [-0.39, 0.29) is 11.3 Å². The Morgan fingerprint density at radius 2 is 1.83 bits per heavy atom. The Labute approximate surface area is 103 Å². The molecular weight excluding hydrogens is 232 g/mol. The molecule has 2 aromatic rings. The first-order valence-corrected chi connectivity index (χ1v) is 5.19. The molecule has 0 aliphatic rings. The van der Waals surface area contributed by atoms with Crippen molar-refractivity contribution >= 4 is 11.7 Å². The van der Waals surface area contributed by atoms with Crippen LogP contribution in [-0.2, 0) is 0 Å². The Balaban J connectivity index is 2.47. The van der Waals surface area contributed by atoms with E-state index in [0.717, 1.165) is 0 Å². The summed E-state index contributed by atoms with van der Waals surface area (Å²) in [5.41, 5.74) is 1.30. The smallest absolute Gasteiger partial charge is 0.335 e. The second-order valence-corrected chi connectivity index (χ2v) is 3.55. The van der Waals surface area contributed by atoms with E-state index < -0.39 is 5.97 Å². The summed E-state index contributed by atoms with van der Waals surface area (Å²) in [7, 11) is 0. The van der Waals surface area contributed by atoms with Crippen molar-refractivity contribution in [3.05, 3.63) is 65.5 Å². The first kappa shape index (κ1) is 11.8. The van der Waals surface area contributed by atoms with Crippen molar-refractivity contribution in [2.75, 3.05) is 0 Å². The molecule has 1 aromatic heterocycles. The highest BCUT2D eigenvalue weighted by atomic mass is 16.4. The van der Waals surface area contributed by atoms with E-state index in [2.05, 4.69) is 10.1 Å². The number of nitrogens with zero attached hydrogens (tertiary/aromatic N) is 2. The van der Waals surface area contributed by atoms with Crippen LogP contribution >= 0.6 is 0 Å². The van der Waals surface area contributed by atoms with Crippen molar-refractivity contribution in [2.45, 2.75) is 0 Å². The molecule has 90 valence electrons. The van der Waals surface area contributed by atoms with Gasteiger partial charge >= 0.3 is 5.97 Å². The van der Waals surface area contributed by atoms with Crippen molar-refractivity contribution in [3.8, 4) is 0 Å².